The molecular weight excluding hydrogens is 272 g/mol. The predicted molar refractivity (Wildman–Crippen MR) is 75.6 cm³/mol. The van der Waals surface area contributed by atoms with Gasteiger partial charge >= 0.3 is 0 Å². The molecule has 21 heavy (non-hydrogen) atoms. The molecule has 0 aliphatic rings. The van der Waals surface area contributed by atoms with E-state index in [1.165, 1.54) is 6.26 Å². The molecule has 0 saturated heterocycles. The highest BCUT2D eigenvalue weighted by Gasteiger charge is 2.19. The largest absolute Gasteiger partial charge is 0.467 e. The molecule has 0 saturated carbocycles. The molecule has 6 heteroatoms. The van der Waals surface area contributed by atoms with Crippen molar-refractivity contribution in [2.75, 3.05) is 13.6 Å². The number of hydrogen-bond donors (Lipinski definition) is 1. The van der Waals surface area contributed by atoms with Gasteiger partial charge in [0.25, 0.3) is 5.91 Å². The molecular formula is C15H18N2O4. The number of furan rings is 2. The van der Waals surface area contributed by atoms with Crippen molar-refractivity contribution in [2.45, 2.75) is 19.4 Å². The molecule has 0 aliphatic heterocycles. The number of amides is 2. The van der Waals surface area contributed by atoms with Crippen molar-refractivity contribution in [3.8, 4) is 0 Å². The quantitative estimate of drug-likeness (QED) is 0.885. The molecule has 2 aromatic rings. The van der Waals surface area contributed by atoms with Crippen molar-refractivity contribution in [3.05, 3.63) is 48.3 Å². The molecule has 2 aromatic heterocycles. The van der Waals surface area contributed by atoms with Gasteiger partial charge in [0.1, 0.15) is 5.76 Å². The van der Waals surface area contributed by atoms with Gasteiger partial charge in [-0.15, -0.1) is 0 Å². The number of rotatable bonds is 6. The van der Waals surface area contributed by atoms with Gasteiger partial charge in [0, 0.05) is 20.0 Å². The first-order valence-corrected chi connectivity index (χ1v) is 6.70. The summed E-state index contributed by atoms with van der Waals surface area (Å²) in [5.74, 6) is 0.568. The minimum atomic E-state index is -0.325. The molecule has 1 atom stereocenters. The molecule has 2 heterocycles. The summed E-state index contributed by atoms with van der Waals surface area (Å²) in [6, 6.07) is 6.68. The summed E-state index contributed by atoms with van der Waals surface area (Å²) in [5.41, 5.74) is 0. The third kappa shape index (κ3) is 3.75. The molecule has 1 unspecified atom stereocenters. The van der Waals surface area contributed by atoms with Crippen molar-refractivity contribution in [1.82, 2.24) is 10.2 Å². The van der Waals surface area contributed by atoms with Crippen molar-refractivity contribution in [1.29, 1.82) is 0 Å². The molecule has 0 bridgehead atoms. The lowest BCUT2D eigenvalue weighted by atomic mass is 10.2. The van der Waals surface area contributed by atoms with Crippen LogP contribution in [-0.2, 0) is 4.79 Å². The van der Waals surface area contributed by atoms with Gasteiger partial charge in [-0.25, -0.2) is 0 Å². The fourth-order valence-electron chi connectivity index (χ4n) is 1.89. The Bertz CT molecular complexity index is 575. The number of hydrogen-bond acceptors (Lipinski definition) is 4. The second-order valence-corrected chi connectivity index (χ2v) is 4.68. The Morgan fingerprint density at radius 2 is 1.95 bits per heavy atom. The van der Waals surface area contributed by atoms with Gasteiger partial charge in [0.15, 0.2) is 5.76 Å². The highest BCUT2D eigenvalue weighted by atomic mass is 16.3. The van der Waals surface area contributed by atoms with E-state index in [9.17, 15) is 9.59 Å². The van der Waals surface area contributed by atoms with Crippen molar-refractivity contribution in [3.63, 3.8) is 0 Å². The maximum absolute atomic E-state index is 12.1. The molecule has 0 radical (unpaired) electrons. The Hall–Kier alpha value is -2.50. The van der Waals surface area contributed by atoms with Crippen LogP contribution in [0.25, 0.3) is 0 Å². The molecule has 0 fully saturated rings. The van der Waals surface area contributed by atoms with Crippen molar-refractivity contribution >= 4 is 11.8 Å². The van der Waals surface area contributed by atoms with Crippen LogP contribution in [0.3, 0.4) is 0 Å². The molecule has 2 amide bonds. The fourth-order valence-corrected chi connectivity index (χ4v) is 1.89. The Morgan fingerprint density at radius 3 is 2.57 bits per heavy atom. The monoisotopic (exact) mass is 290 g/mol. The van der Waals surface area contributed by atoms with E-state index in [1.54, 1.807) is 36.4 Å². The summed E-state index contributed by atoms with van der Waals surface area (Å²) in [5, 5.41) is 2.64. The van der Waals surface area contributed by atoms with Crippen LogP contribution in [0, 0.1) is 0 Å². The van der Waals surface area contributed by atoms with Gasteiger partial charge in [-0.2, -0.15) is 0 Å². The van der Waals surface area contributed by atoms with Crippen LogP contribution in [0.5, 0.6) is 0 Å². The van der Waals surface area contributed by atoms with Crippen molar-refractivity contribution < 1.29 is 18.4 Å². The lowest BCUT2D eigenvalue weighted by Gasteiger charge is -2.23. The van der Waals surface area contributed by atoms with Gasteiger partial charge < -0.3 is 19.1 Å². The number of carbonyl (C=O) groups is 2. The molecule has 1 N–H and O–H groups in total. The van der Waals surface area contributed by atoms with Gasteiger partial charge in [0.05, 0.1) is 18.6 Å². The maximum Gasteiger partial charge on any atom is 0.286 e. The Labute approximate surface area is 122 Å². The summed E-state index contributed by atoms with van der Waals surface area (Å²) < 4.78 is 10.2. The van der Waals surface area contributed by atoms with Crippen LogP contribution in [0.1, 0.15) is 35.7 Å². The van der Waals surface area contributed by atoms with Crippen LogP contribution < -0.4 is 5.32 Å². The third-order valence-electron chi connectivity index (χ3n) is 3.30. The van der Waals surface area contributed by atoms with Crippen molar-refractivity contribution in [2.24, 2.45) is 0 Å². The summed E-state index contributed by atoms with van der Waals surface area (Å²) in [6.45, 7) is 2.14. The fraction of sp³-hybridized carbons (Fsp3) is 0.333. The van der Waals surface area contributed by atoms with E-state index in [2.05, 4.69) is 5.32 Å². The summed E-state index contributed by atoms with van der Waals surface area (Å²) in [7, 11) is 1.71. The van der Waals surface area contributed by atoms with Crippen LogP contribution in [0.4, 0.5) is 0 Å². The van der Waals surface area contributed by atoms with E-state index in [0.29, 0.717) is 0 Å². The van der Waals surface area contributed by atoms with Crippen LogP contribution >= 0.6 is 0 Å². The number of carbonyl (C=O) groups excluding carboxylic acids is 2. The lowest BCUT2D eigenvalue weighted by molar-refractivity contribution is -0.132. The normalized spacial score (nSPS) is 11.9. The summed E-state index contributed by atoms with van der Waals surface area (Å²) >= 11 is 0. The van der Waals surface area contributed by atoms with E-state index in [1.807, 2.05) is 13.0 Å². The van der Waals surface area contributed by atoms with Gasteiger partial charge in [-0.05, 0) is 31.2 Å². The first-order chi connectivity index (χ1) is 10.1. The highest BCUT2D eigenvalue weighted by Crippen LogP contribution is 2.19. The predicted octanol–water partition coefficient (Wildman–Crippen LogP) is 2.21. The summed E-state index contributed by atoms with van der Waals surface area (Å²) in [4.78, 5) is 25.3. The third-order valence-corrected chi connectivity index (χ3v) is 3.30. The van der Waals surface area contributed by atoms with Gasteiger partial charge in [-0.3, -0.25) is 9.59 Å². The SMILES string of the molecule is CC(c1ccco1)N(C)C(=O)CCNC(=O)c1ccco1. The topological polar surface area (TPSA) is 75.7 Å². The zero-order valence-corrected chi connectivity index (χ0v) is 12.0. The second kappa shape index (κ2) is 6.78. The first kappa shape index (κ1) is 14.9. The van der Waals surface area contributed by atoms with E-state index >= 15 is 0 Å². The minimum absolute atomic E-state index is 0.0707. The van der Waals surface area contributed by atoms with E-state index in [4.69, 9.17) is 8.83 Å². The molecule has 112 valence electrons. The Morgan fingerprint density at radius 1 is 1.24 bits per heavy atom. The standard InChI is InChI=1S/C15H18N2O4/c1-11(12-5-3-9-20-12)17(2)14(18)7-8-16-15(19)13-6-4-10-21-13/h3-6,9-11H,7-8H2,1-2H3,(H,16,19). The zero-order chi connectivity index (χ0) is 15.2. The maximum atomic E-state index is 12.1. The average molecular weight is 290 g/mol. The van der Waals surface area contributed by atoms with E-state index in [0.717, 1.165) is 5.76 Å². The Balaban J connectivity index is 1.78. The van der Waals surface area contributed by atoms with Gasteiger partial charge in [0.2, 0.25) is 5.91 Å². The minimum Gasteiger partial charge on any atom is -0.467 e. The first-order valence-electron chi connectivity index (χ1n) is 6.70. The van der Waals surface area contributed by atoms with E-state index < -0.39 is 0 Å². The molecule has 0 aliphatic carbocycles. The van der Waals surface area contributed by atoms with Crippen LogP contribution in [0.15, 0.2) is 45.6 Å². The molecule has 6 nitrogen and oxygen atoms in total. The number of nitrogens with zero attached hydrogens (tertiary/aromatic N) is 1. The van der Waals surface area contributed by atoms with E-state index in [-0.39, 0.29) is 36.6 Å². The highest BCUT2D eigenvalue weighted by molar-refractivity contribution is 5.91. The number of nitrogens with one attached hydrogen (secondary N) is 1. The van der Waals surface area contributed by atoms with Gasteiger partial charge in [-0.1, -0.05) is 0 Å². The molecule has 0 aromatic carbocycles. The second-order valence-electron chi connectivity index (χ2n) is 4.68. The average Bonchev–Trinajstić information content (AvgIpc) is 3.17. The smallest absolute Gasteiger partial charge is 0.286 e. The lowest BCUT2D eigenvalue weighted by Crippen LogP contribution is -2.33. The molecule has 2 rings (SSSR count). The Kier molecular flexibility index (Phi) is 4.81. The zero-order valence-electron chi connectivity index (χ0n) is 12.0. The van der Waals surface area contributed by atoms with Crippen LogP contribution in [-0.4, -0.2) is 30.3 Å². The van der Waals surface area contributed by atoms with Crippen LogP contribution in [0.2, 0.25) is 0 Å². The summed E-state index contributed by atoms with van der Waals surface area (Å²) in [6.07, 6.45) is 3.22. The molecule has 0 spiro atoms.